The molecule has 11 heavy (non-hydrogen) atoms. The van der Waals surface area contributed by atoms with Crippen molar-refractivity contribution in [2.24, 2.45) is 0 Å². The van der Waals surface area contributed by atoms with Crippen LogP contribution in [-0.2, 0) is 0 Å². The molecule has 0 amide bonds. The van der Waals surface area contributed by atoms with Gasteiger partial charge in [-0.2, -0.15) is 57.2 Å². The molecule has 0 aliphatic carbocycles. The molecule has 0 nitrogen and oxygen atoms in total. The summed E-state index contributed by atoms with van der Waals surface area (Å²) in [7, 11) is 0. The Bertz CT molecular complexity index is 105. The Hall–Kier alpha value is 0.272. The molecule has 0 saturated carbocycles. The molecule has 0 N–H and O–H groups in total. The van der Waals surface area contributed by atoms with Gasteiger partial charge in [-0.3, -0.25) is 0 Å². The van der Waals surface area contributed by atoms with Gasteiger partial charge in [-0.25, -0.2) is 0 Å². The molecule has 0 spiro atoms. The van der Waals surface area contributed by atoms with Crippen LogP contribution in [0.3, 0.4) is 0 Å². The quantitative estimate of drug-likeness (QED) is 0.614. The smallest absolute Gasteiger partial charge is 0.323 e. The van der Waals surface area contributed by atoms with Crippen molar-refractivity contribution >= 4 is 0 Å². The maximum Gasteiger partial charge on any atom is 2.00 e. The summed E-state index contributed by atoms with van der Waals surface area (Å²) in [5, 5.41) is 0. The topological polar surface area (TPSA) is 0 Å². The second kappa shape index (κ2) is 10.3. The standard InChI is InChI=1S/C6H5.C4H9.U/c1-2-4-6-5-3-1;1-4(2)3;/h1-5H;1-3H3;/q2*-1;+2. The Morgan fingerprint density at radius 1 is 0.909 bits per heavy atom. The number of hydrogen-bond donors (Lipinski definition) is 0. The van der Waals surface area contributed by atoms with Gasteiger partial charge in [0.2, 0.25) is 0 Å². The summed E-state index contributed by atoms with van der Waals surface area (Å²) in [6.45, 7) is 6.25. The van der Waals surface area contributed by atoms with Crippen LogP contribution in [0.1, 0.15) is 20.8 Å². The van der Waals surface area contributed by atoms with E-state index in [4.69, 9.17) is 0 Å². The first-order chi connectivity index (χ1) is 4.73. The van der Waals surface area contributed by atoms with Crippen LogP contribution >= 0.6 is 0 Å². The molecule has 0 saturated heterocycles. The third-order valence-electron chi connectivity index (χ3n) is 0.607. The summed E-state index contributed by atoms with van der Waals surface area (Å²) in [6, 6.07) is 12.5. The Balaban J connectivity index is 0. The number of rotatable bonds is 0. The average Bonchev–Trinajstić information content (AvgIpc) is 1.90. The van der Waals surface area contributed by atoms with Gasteiger partial charge in [0.1, 0.15) is 0 Å². The molecule has 1 rings (SSSR count). The minimum atomic E-state index is 0. The van der Waals surface area contributed by atoms with Crippen molar-refractivity contribution in [1.29, 1.82) is 0 Å². The van der Waals surface area contributed by atoms with Crippen molar-refractivity contribution in [3.05, 3.63) is 42.3 Å². The van der Waals surface area contributed by atoms with E-state index in [1.165, 1.54) is 5.92 Å². The fourth-order valence-electron chi connectivity index (χ4n) is 0.342. The molecule has 0 radical (unpaired) electrons. The molecule has 0 fully saturated rings. The van der Waals surface area contributed by atoms with Gasteiger partial charge in [-0.1, -0.05) is 0 Å². The minimum absolute atomic E-state index is 0. The van der Waals surface area contributed by atoms with E-state index < -0.39 is 0 Å². The summed E-state index contributed by atoms with van der Waals surface area (Å²) in [6.07, 6.45) is 0. The Morgan fingerprint density at radius 2 is 1.27 bits per heavy atom. The largest absolute Gasteiger partial charge is 2.00 e. The summed E-state index contributed by atoms with van der Waals surface area (Å²) in [5.74, 6) is 1.42. The van der Waals surface area contributed by atoms with Crippen LogP contribution in [0.5, 0.6) is 0 Å². The fourth-order valence-corrected chi connectivity index (χ4v) is 0.342. The van der Waals surface area contributed by atoms with Crippen molar-refractivity contribution in [2.45, 2.75) is 20.8 Å². The Morgan fingerprint density at radius 3 is 1.36 bits per heavy atom. The van der Waals surface area contributed by atoms with Crippen LogP contribution in [0.4, 0.5) is 0 Å². The zero-order chi connectivity index (χ0) is 7.82. The SMILES string of the molecule is C[C-](C)C.[U+2].[c-]1ccccc1. The molecule has 0 aromatic heterocycles. The van der Waals surface area contributed by atoms with Crippen LogP contribution in [0, 0.1) is 43.1 Å². The zero-order valence-corrected chi connectivity index (χ0v) is 11.6. The maximum atomic E-state index is 2.89. The van der Waals surface area contributed by atoms with E-state index in [1.54, 1.807) is 0 Å². The van der Waals surface area contributed by atoms with Gasteiger partial charge in [-0.15, -0.1) is 0 Å². The fraction of sp³-hybridized carbons (Fsp3) is 0.300. The van der Waals surface area contributed by atoms with Gasteiger partial charge < -0.3 is 5.92 Å². The summed E-state index contributed by atoms with van der Waals surface area (Å²) >= 11 is 0. The Labute approximate surface area is 93.8 Å². The van der Waals surface area contributed by atoms with Crippen molar-refractivity contribution in [2.75, 3.05) is 0 Å². The molecule has 1 heteroatoms. The van der Waals surface area contributed by atoms with Gasteiger partial charge in [-0.05, 0) is 0 Å². The first-order valence-electron chi connectivity index (χ1n) is 3.41. The molecule has 0 aliphatic rings. The second-order valence-corrected chi connectivity index (χ2v) is 2.58. The van der Waals surface area contributed by atoms with Crippen LogP contribution in [0.2, 0.25) is 0 Å². The van der Waals surface area contributed by atoms with E-state index in [0.717, 1.165) is 0 Å². The summed E-state index contributed by atoms with van der Waals surface area (Å²) < 4.78 is 0. The molecule has 1 aromatic carbocycles. The van der Waals surface area contributed by atoms with Crippen molar-refractivity contribution in [3.63, 3.8) is 0 Å². The van der Waals surface area contributed by atoms with Gasteiger partial charge in [0.25, 0.3) is 0 Å². The van der Waals surface area contributed by atoms with Gasteiger partial charge in [0.05, 0.1) is 0 Å². The number of benzene rings is 1. The van der Waals surface area contributed by atoms with Crippen LogP contribution in [0.25, 0.3) is 0 Å². The third-order valence-corrected chi connectivity index (χ3v) is 0.607. The van der Waals surface area contributed by atoms with E-state index in [2.05, 4.69) is 26.8 Å². The first-order valence-corrected chi connectivity index (χ1v) is 3.41. The molecule has 58 valence electrons. The third kappa shape index (κ3) is 17.9. The molecule has 0 heterocycles. The molecule has 0 atom stereocenters. The monoisotopic (exact) mass is 372 g/mol. The predicted octanol–water partition coefficient (Wildman–Crippen LogP) is 3.11. The van der Waals surface area contributed by atoms with Crippen LogP contribution < -0.4 is 0 Å². The predicted molar refractivity (Wildman–Crippen MR) is 45.5 cm³/mol. The minimum Gasteiger partial charge on any atom is -0.323 e. The molecular weight excluding hydrogens is 358 g/mol. The van der Waals surface area contributed by atoms with E-state index in [-0.39, 0.29) is 31.1 Å². The van der Waals surface area contributed by atoms with Gasteiger partial charge in [0.15, 0.2) is 0 Å². The van der Waals surface area contributed by atoms with E-state index in [1.807, 2.05) is 30.3 Å². The van der Waals surface area contributed by atoms with Crippen molar-refractivity contribution < 1.29 is 31.1 Å². The summed E-state index contributed by atoms with van der Waals surface area (Å²) in [5.41, 5.74) is 0. The average molecular weight is 372 g/mol. The van der Waals surface area contributed by atoms with E-state index in [9.17, 15) is 0 Å². The first kappa shape index (κ1) is 13.8. The van der Waals surface area contributed by atoms with E-state index >= 15 is 0 Å². The van der Waals surface area contributed by atoms with Gasteiger partial charge in [0, 0.05) is 0 Å². The zero-order valence-electron chi connectivity index (χ0n) is 7.39. The van der Waals surface area contributed by atoms with Crippen LogP contribution in [0.15, 0.2) is 30.3 Å². The molecule has 0 bridgehead atoms. The second-order valence-electron chi connectivity index (χ2n) is 2.58. The number of hydrogen-bond acceptors (Lipinski definition) is 0. The van der Waals surface area contributed by atoms with Crippen LogP contribution in [-0.4, -0.2) is 0 Å². The molecule has 1 aromatic rings. The molecule has 0 unspecified atom stereocenters. The van der Waals surface area contributed by atoms with Crippen molar-refractivity contribution in [3.8, 4) is 0 Å². The van der Waals surface area contributed by atoms with E-state index in [0.29, 0.717) is 0 Å². The maximum absolute atomic E-state index is 2.89. The Kier molecular flexibility index (Phi) is 12.9. The molecular formula is C10H14U. The molecule has 0 aliphatic heterocycles. The van der Waals surface area contributed by atoms with Gasteiger partial charge >= 0.3 is 31.1 Å². The van der Waals surface area contributed by atoms with Crippen molar-refractivity contribution in [1.82, 2.24) is 0 Å². The summed E-state index contributed by atoms with van der Waals surface area (Å²) in [4.78, 5) is 0. The normalized spacial score (nSPS) is 7.64.